The molecule has 0 saturated heterocycles. The fraction of sp³-hybridized carbons (Fsp3) is 0.667. The monoisotopic (exact) mass is 166 g/mol. The van der Waals surface area contributed by atoms with E-state index in [1.165, 1.54) is 0 Å². The van der Waals surface area contributed by atoms with Gasteiger partial charge in [0.25, 0.3) is 0 Å². The van der Waals surface area contributed by atoms with Crippen LogP contribution in [0, 0.1) is 6.92 Å². The van der Waals surface area contributed by atoms with Crippen molar-refractivity contribution in [3.63, 3.8) is 0 Å². The highest BCUT2D eigenvalue weighted by Gasteiger charge is 2.26. The number of hydrogen-bond acceptors (Lipinski definition) is 3. The molecule has 3 heteroatoms. The van der Waals surface area contributed by atoms with Crippen LogP contribution in [0.15, 0.2) is 10.7 Å². The highest BCUT2D eigenvalue weighted by atomic mass is 16.3. The Hall–Kier alpha value is -0.830. The lowest BCUT2D eigenvalue weighted by molar-refractivity contribution is 0.446. The van der Waals surface area contributed by atoms with Gasteiger partial charge in [-0.25, -0.2) is 4.98 Å². The van der Waals surface area contributed by atoms with Crippen molar-refractivity contribution in [1.29, 1.82) is 0 Å². The molecule has 1 saturated carbocycles. The van der Waals surface area contributed by atoms with Crippen LogP contribution < -0.4 is 5.73 Å². The van der Waals surface area contributed by atoms with Crippen molar-refractivity contribution in [2.45, 2.75) is 38.1 Å². The van der Waals surface area contributed by atoms with E-state index in [1.807, 2.05) is 6.92 Å². The van der Waals surface area contributed by atoms with Crippen molar-refractivity contribution in [2.75, 3.05) is 0 Å². The molecule has 1 heterocycles. The summed E-state index contributed by atoms with van der Waals surface area (Å²) < 4.78 is 5.33. The molecule has 0 spiro atoms. The Bertz CT molecular complexity index is 269. The van der Waals surface area contributed by atoms with E-state index in [9.17, 15) is 0 Å². The van der Waals surface area contributed by atoms with Gasteiger partial charge in [-0.1, -0.05) is 0 Å². The third-order valence-electron chi connectivity index (χ3n) is 2.46. The first-order valence-electron chi connectivity index (χ1n) is 4.43. The van der Waals surface area contributed by atoms with Crippen molar-refractivity contribution in [3.05, 3.63) is 17.8 Å². The van der Waals surface area contributed by atoms with Crippen LogP contribution in [0.4, 0.5) is 0 Å². The Morgan fingerprint density at radius 1 is 1.58 bits per heavy atom. The fourth-order valence-electron chi connectivity index (χ4n) is 1.80. The third kappa shape index (κ3) is 1.37. The lowest BCUT2D eigenvalue weighted by Crippen LogP contribution is -2.14. The van der Waals surface area contributed by atoms with Gasteiger partial charge in [-0.3, -0.25) is 0 Å². The van der Waals surface area contributed by atoms with Crippen molar-refractivity contribution in [3.8, 4) is 0 Å². The van der Waals surface area contributed by atoms with Crippen LogP contribution in [-0.4, -0.2) is 11.0 Å². The molecule has 0 amide bonds. The van der Waals surface area contributed by atoms with Gasteiger partial charge in [0.1, 0.15) is 6.26 Å². The average Bonchev–Trinajstić information content (AvgIpc) is 2.58. The molecular formula is C9H14N2O. The van der Waals surface area contributed by atoms with Crippen molar-refractivity contribution < 1.29 is 4.42 Å². The molecule has 2 rings (SSSR count). The summed E-state index contributed by atoms with van der Waals surface area (Å²) >= 11 is 0. The Morgan fingerprint density at radius 2 is 2.42 bits per heavy atom. The summed E-state index contributed by atoms with van der Waals surface area (Å²) in [5, 5.41) is 0. The number of aryl methyl sites for hydroxylation is 1. The molecule has 2 N–H and O–H groups in total. The molecular weight excluding hydrogens is 152 g/mol. The molecule has 1 aliphatic carbocycles. The van der Waals surface area contributed by atoms with Gasteiger partial charge in [0, 0.05) is 12.0 Å². The Morgan fingerprint density at radius 3 is 2.92 bits per heavy atom. The van der Waals surface area contributed by atoms with E-state index in [4.69, 9.17) is 10.2 Å². The standard InChI is InChI=1S/C9H14N2O/c1-6-5-12-9(11-6)7-2-3-8(10)4-7/h5,7-8H,2-4,10H2,1H3. The van der Waals surface area contributed by atoms with Crippen LogP contribution in [0.1, 0.15) is 36.8 Å². The van der Waals surface area contributed by atoms with Crippen molar-refractivity contribution in [1.82, 2.24) is 4.98 Å². The first-order valence-corrected chi connectivity index (χ1v) is 4.43. The summed E-state index contributed by atoms with van der Waals surface area (Å²) in [7, 11) is 0. The fourth-order valence-corrected chi connectivity index (χ4v) is 1.80. The van der Waals surface area contributed by atoms with Crippen molar-refractivity contribution >= 4 is 0 Å². The van der Waals surface area contributed by atoms with Gasteiger partial charge < -0.3 is 10.2 Å². The number of nitrogens with zero attached hydrogens (tertiary/aromatic N) is 1. The van der Waals surface area contributed by atoms with Gasteiger partial charge in [0.2, 0.25) is 0 Å². The molecule has 2 unspecified atom stereocenters. The minimum absolute atomic E-state index is 0.349. The Balaban J connectivity index is 2.11. The number of aromatic nitrogens is 1. The van der Waals surface area contributed by atoms with Crippen LogP contribution >= 0.6 is 0 Å². The maximum absolute atomic E-state index is 5.80. The molecule has 66 valence electrons. The lowest BCUT2D eigenvalue weighted by atomic mass is 10.1. The Labute approximate surface area is 72.0 Å². The van der Waals surface area contributed by atoms with Crippen LogP contribution in [0.2, 0.25) is 0 Å². The van der Waals surface area contributed by atoms with E-state index in [0.29, 0.717) is 12.0 Å². The van der Waals surface area contributed by atoms with Crippen LogP contribution in [-0.2, 0) is 0 Å². The zero-order chi connectivity index (χ0) is 8.55. The number of oxazole rings is 1. The molecule has 3 nitrogen and oxygen atoms in total. The Kier molecular flexibility index (Phi) is 1.89. The molecule has 0 radical (unpaired) electrons. The van der Waals surface area contributed by atoms with Crippen molar-refractivity contribution in [2.24, 2.45) is 5.73 Å². The second-order valence-electron chi connectivity index (χ2n) is 3.60. The average molecular weight is 166 g/mol. The highest BCUT2D eigenvalue weighted by Crippen LogP contribution is 2.32. The first-order chi connectivity index (χ1) is 5.75. The molecule has 1 aromatic rings. The van der Waals surface area contributed by atoms with E-state index >= 15 is 0 Å². The van der Waals surface area contributed by atoms with Gasteiger partial charge in [0.15, 0.2) is 5.89 Å². The predicted octanol–water partition coefficient (Wildman–Crippen LogP) is 1.58. The molecule has 1 aliphatic rings. The minimum Gasteiger partial charge on any atom is -0.448 e. The maximum atomic E-state index is 5.80. The highest BCUT2D eigenvalue weighted by molar-refractivity contribution is 5.02. The largest absolute Gasteiger partial charge is 0.448 e. The summed E-state index contributed by atoms with van der Waals surface area (Å²) in [4.78, 5) is 4.30. The zero-order valence-corrected chi connectivity index (χ0v) is 7.29. The molecule has 12 heavy (non-hydrogen) atoms. The van der Waals surface area contributed by atoms with E-state index in [2.05, 4.69) is 4.98 Å². The van der Waals surface area contributed by atoms with Gasteiger partial charge >= 0.3 is 0 Å². The SMILES string of the molecule is Cc1coc(C2CCC(N)C2)n1. The lowest BCUT2D eigenvalue weighted by Gasteiger charge is -2.02. The predicted molar refractivity (Wildman–Crippen MR) is 45.8 cm³/mol. The second kappa shape index (κ2) is 2.90. The van der Waals surface area contributed by atoms with E-state index in [-0.39, 0.29) is 0 Å². The maximum Gasteiger partial charge on any atom is 0.197 e. The van der Waals surface area contributed by atoms with E-state index in [1.54, 1.807) is 6.26 Å². The second-order valence-corrected chi connectivity index (χ2v) is 3.60. The van der Waals surface area contributed by atoms with E-state index in [0.717, 1.165) is 30.8 Å². The molecule has 1 aromatic heterocycles. The summed E-state index contributed by atoms with van der Waals surface area (Å²) in [6, 6.07) is 0.349. The summed E-state index contributed by atoms with van der Waals surface area (Å²) in [6.45, 7) is 1.95. The quantitative estimate of drug-likeness (QED) is 0.689. The van der Waals surface area contributed by atoms with Gasteiger partial charge in [0.05, 0.1) is 5.69 Å². The first kappa shape index (κ1) is 7.80. The summed E-state index contributed by atoms with van der Waals surface area (Å²) in [5.74, 6) is 1.34. The third-order valence-corrected chi connectivity index (χ3v) is 2.46. The zero-order valence-electron chi connectivity index (χ0n) is 7.29. The van der Waals surface area contributed by atoms with E-state index < -0.39 is 0 Å². The molecule has 0 bridgehead atoms. The topological polar surface area (TPSA) is 52.0 Å². The molecule has 1 fully saturated rings. The van der Waals surface area contributed by atoms with Crippen LogP contribution in [0.25, 0.3) is 0 Å². The van der Waals surface area contributed by atoms with Gasteiger partial charge in [-0.15, -0.1) is 0 Å². The van der Waals surface area contributed by atoms with Crippen LogP contribution in [0.5, 0.6) is 0 Å². The molecule has 0 aromatic carbocycles. The summed E-state index contributed by atoms with van der Waals surface area (Å²) in [5.41, 5.74) is 6.76. The number of nitrogens with two attached hydrogens (primary N) is 1. The number of rotatable bonds is 1. The van der Waals surface area contributed by atoms with Gasteiger partial charge in [-0.05, 0) is 26.2 Å². The molecule has 2 atom stereocenters. The minimum atomic E-state index is 0.349. The molecule has 0 aliphatic heterocycles. The summed E-state index contributed by atoms with van der Waals surface area (Å²) in [6.07, 6.45) is 4.96. The van der Waals surface area contributed by atoms with Crippen LogP contribution in [0.3, 0.4) is 0 Å². The normalized spacial score (nSPS) is 29.5. The number of hydrogen-bond donors (Lipinski definition) is 1. The smallest absolute Gasteiger partial charge is 0.197 e. The van der Waals surface area contributed by atoms with Gasteiger partial charge in [-0.2, -0.15) is 0 Å².